The lowest BCUT2D eigenvalue weighted by Gasteiger charge is -2.18. The largest absolute Gasteiger partial charge is 0.462 e. The second kappa shape index (κ2) is 58.3. The molecule has 72 heavy (non-hydrogen) atoms. The van der Waals surface area contributed by atoms with E-state index < -0.39 is 6.10 Å². The van der Waals surface area contributed by atoms with E-state index in [1.165, 1.54) is 25.7 Å². The molecule has 0 aliphatic rings. The molecule has 0 fully saturated rings. The maximum absolute atomic E-state index is 12.9. The molecule has 6 heteroatoms. The number of carbonyl (C=O) groups excluding carboxylic acids is 3. The number of rotatable bonds is 48. The highest BCUT2D eigenvalue weighted by molar-refractivity contribution is 5.71. The zero-order chi connectivity index (χ0) is 52.2. The van der Waals surface area contributed by atoms with Crippen molar-refractivity contribution in [1.29, 1.82) is 0 Å². The van der Waals surface area contributed by atoms with Crippen LogP contribution in [0, 0.1) is 0 Å². The van der Waals surface area contributed by atoms with Crippen LogP contribution in [-0.2, 0) is 28.6 Å². The molecule has 0 aromatic rings. The standard InChI is InChI=1S/C66H100O6/c1-4-7-10-13-16-19-22-25-28-31-33-35-38-41-44-47-50-53-56-59-65(68)71-62-63(61-70-64(67)58-55-52-49-46-43-40-37-30-27-24-21-18-15-12-9-6-3)72-66(69)60-57-54-51-48-45-42-39-36-34-32-29-26-23-20-17-14-11-8-5-2/h7-13,16-22,25-31,33-36,38,41,44,63H,4-6,14-15,23-24,32,37,39-40,42-43,45-62H2,1-3H3/b10-7-,11-8-,12-9-,16-13-,20-17-,21-18-,22-19-,28-25-,29-26-,30-27-,33-31+,36-34-,38-35-,44-41-. The topological polar surface area (TPSA) is 78.9 Å². The highest BCUT2D eigenvalue weighted by atomic mass is 16.6. The minimum absolute atomic E-state index is 0.115. The Balaban J connectivity index is 4.58. The van der Waals surface area contributed by atoms with E-state index in [1.54, 1.807) is 0 Å². The summed E-state index contributed by atoms with van der Waals surface area (Å²) in [6.07, 6.45) is 86.1. The van der Waals surface area contributed by atoms with Crippen molar-refractivity contribution in [1.82, 2.24) is 0 Å². The number of unbranched alkanes of at least 4 members (excludes halogenated alkanes) is 15. The Hall–Kier alpha value is -5.23. The van der Waals surface area contributed by atoms with Crippen molar-refractivity contribution in [3.05, 3.63) is 170 Å². The van der Waals surface area contributed by atoms with Crippen LogP contribution in [0.1, 0.15) is 207 Å². The van der Waals surface area contributed by atoms with Gasteiger partial charge in [-0.2, -0.15) is 0 Å². The van der Waals surface area contributed by atoms with Gasteiger partial charge in [0.2, 0.25) is 0 Å². The SMILES string of the molecule is CC\C=C/C=C\C=C/C=C\C=C\C=C/C=C\CCCCCC(=O)OCC(COC(=O)CCCCCCCC/C=C\C/C=C\C/C=C\CC)OC(=O)CCCCCCCC/C=C\C/C=C\C/C=C\C/C=C\CC. The van der Waals surface area contributed by atoms with Crippen molar-refractivity contribution in [2.45, 2.75) is 213 Å². The average molecular weight is 990 g/mol. The summed E-state index contributed by atoms with van der Waals surface area (Å²) in [5.41, 5.74) is 0. The minimum Gasteiger partial charge on any atom is -0.462 e. The van der Waals surface area contributed by atoms with E-state index in [1.807, 2.05) is 72.9 Å². The summed E-state index contributed by atoms with van der Waals surface area (Å²) in [5.74, 6) is -0.998. The van der Waals surface area contributed by atoms with Gasteiger partial charge < -0.3 is 14.2 Å². The first-order valence-electron chi connectivity index (χ1n) is 28.2. The Morgan fingerprint density at radius 2 is 0.569 bits per heavy atom. The summed E-state index contributed by atoms with van der Waals surface area (Å²) in [6.45, 7) is 6.19. The third kappa shape index (κ3) is 55.7. The molecule has 0 aromatic carbocycles. The highest BCUT2D eigenvalue weighted by Gasteiger charge is 2.19. The molecule has 0 spiro atoms. The Morgan fingerprint density at radius 3 is 0.958 bits per heavy atom. The van der Waals surface area contributed by atoms with Crippen molar-refractivity contribution in [3.8, 4) is 0 Å². The van der Waals surface area contributed by atoms with E-state index >= 15 is 0 Å². The molecule has 0 amide bonds. The smallest absolute Gasteiger partial charge is 0.306 e. The summed E-state index contributed by atoms with van der Waals surface area (Å²) in [7, 11) is 0. The molecule has 0 aromatic heterocycles. The maximum atomic E-state index is 12.9. The molecule has 0 bridgehead atoms. The van der Waals surface area contributed by atoms with Gasteiger partial charge in [0.15, 0.2) is 6.10 Å². The molecule has 0 radical (unpaired) electrons. The van der Waals surface area contributed by atoms with Crippen LogP contribution in [0.3, 0.4) is 0 Å². The molecule has 0 heterocycles. The van der Waals surface area contributed by atoms with Gasteiger partial charge >= 0.3 is 17.9 Å². The van der Waals surface area contributed by atoms with Gasteiger partial charge in [-0.1, -0.05) is 249 Å². The van der Waals surface area contributed by atoms with Gasteiger partial charge in [-0.3, -0.25) is 14.4 Å². The number of hydrogen-bond donors (Lipinski definition) is 0. The number of allylic oxidation sites excluding steroid dienone is 28. The Labute approximate surface area is 441 Å². The number of esters is 3. The van der Waals surface area contributed by atoms with Crippen LogP contribution < -0.4 is 0 Å². The minimum atomic E-state index is -0.821. The van der Waals surface area contributed by atoms with Crippen LogP contribution in [0.2, 0.25) is 0 Å². The van der Waals surface area contributed by atoms with Crippen molar-refractivity contribution in [2.24, 2.45) is 0 Å². The zero-order valence-electron chi connectivity index (χ0n) is 45.6. The zero-order valence-corrected chi connectivity index (χ0v) is 45.6. The van der Waals surface area contributed by atoms with Crippen molar-refractivity contribution >= 4 is 17.9 Å². The van der Waals surface area contributed by atoms with Gasteiger partial charge in [0.05, 0.1) is 0 Å². The third-order valence-corrected chi connectivity index (χ3v) is 11.1. The molecule has 6 nitrogen and oxygen atoms in total. The Kier molecular flexibility index (Phi) is 54.1. The average Bonchev–Trinajstić information content (AvgIpc) is 3.38. The number of carbonyl (C=O) groups is 3. The summed E-state index contributed by atoms with van der Waals surface area (Å²) in [4.78, 5) is 38.2. The lowest BCUT2D eigenvalue weighted by atomic mass is 10.1. The first kappa shape index (κ1) is 66.8. The molecule has 1 unspecified atom stereocenters. The van der Waals surface area contributed by atoms with Crippen LogP contribution in [-0.4, -0.2) is 37.2 Å². The molecule has 0 saturated carbocycles. The van der Waals surface area contributed by atoms with Gasteiger partial charge in [-0.15, -0.1) is 0 Å². The maximum Gasteiger partial charge on any atom is 0.306 e. The van der Waals surface area contributed by atoms with E-state index in [4.69, 9.17) is 14.2 Å². The normalized spacial score (nSPS) is 13.4. The molecule has 0 saturated heterocycles. The van der Waals surface area contributed by atoms with E-state index in [9.17, 15) is 14.4 Å². The van der Waals surface area contributed by atoms with Gasteiger partial charge in [0.1, 0.15) is 13.2 Å². The van der Waals surface area contributed by atoms with Crippen LogP contribution in [0.4, 0.5) is 0 Å². The third-order valence-electron chi connectivity index (χ3n) is 11.1. The van der Waals surface area contributed by atoms with Crippen molar-refractivity contribution < 1.29 is 28.6 Å². The lowest BCUT2D eigenvalue weighted by Crippen LogP contribution is -2.30. The first-order valence-corrected chi connectivity index (χ1v) is 28.2. The molecule has 0 aliphatic heterocycles. The molecular weight excluding hydrogens is 889 g/mol. The van der Waals surface area contributed by atoms with Gasteiger partial charge in [-0.05, 0) is 109 Å². The Morgan fingerprint density at radius 1 is 0.292 bits per heavy atom. The van der Waals surface area contributed by atoms with Crippen LogP contribution >= 0.6 is 0 Å². The second-order valence-electron chi connectivity index (χ2n) is 17.9. The fourth-order valence-electron chi connectivity index (χ4n) is 7.02. The van der Waals surface area contributed by atoms with E-state index in [-0.39, 0.29) is 37.5 Å². The molecule has 400 valence electrons. The predicted octanol–water partition coefficient (Wildman–Crippen LogP) is 19.1. The number of ether oxygens (including phenoxy) is 3. The van der Waals surface area contributed by atoms with E-state index in [0.29, 0.717) is 19.3 Å². The van der Waals surface area contributed by atoms with Gasteiger partial charge in [0, 0.05) is 19.3 Å². The summed E-state index contributed by atoms with van der Waals surface area (Å²) >= 11 is 0. The van der Waals surface area contributed by atoms with Gasteiger partial charge in [0.25, 0.3) is 0 Å². The lowest BCUT2D eigenvalue weighted by molar-refractivity contribution is -0.167. The molecule has 0 N–H and O–H groups in total. The molecule has 1 atom stereocenters. The van der Waals surface area contributed by atoms with Crippen LogP contribution in [0.25, 0.3) is 0 Å². The van der Waals surface area contributed by atoms with Gasteiger partial charge in [-0.25, -0.2) is 0 Å². The predicted molar refractivity (Wildman–Crippen MR) is 311 cm³/mol. The summed E-state index contributed by atoms with van der Waals surface area (Å²) < 4.78 is 16.8. The fourth-order valence-corrected chi connectivity index (χ4v) is 7.02. The fraction of sp³-hybridized carbons (Fsp3) is 0.530. The first-order chi connectivity index (χ1) is 35.5. The van der Waals surface area contributed by atoms with Crippen LogP contribution in [0.5, 0.6) is 0 Å². The summed E-state index contributed by atoms with van der Waals surface area (Å²) in [5, 5.41) is 0. The second-order valence-corrected chi connectivity index (χ2v) is 17.9. The van der Waals surface area contributed by atoms with E-state index in [2.05, 4.69) is 118 Å². The highest BCUT2D eigenvalue weighted by Crippen LogP contribution is 2.13. The number of hydrogen-bond acceptors (Lipinski definition) is 6. The van der Waals surface area contributed by atoms with Crippen molar-refractivity contribution in [3.63, 3.8) is 0 Å². The molecule has 0 aliphatic carbocycles. The quantitative estimate of drug-likeness (QED) is 0.0199. The Bertz CT molecular complexity index is 1700. The molecular formula is C66H100O6. The van der Waals surface area contributed by atoms with Crippen molar-refractivity contribution in [2.75, 3.05) is 13.2 Å². The van der Waals surface area contributed by atoms with Crippen LogP contribution in [0.15, 0.2) is 170 Å². The van der Waals surface area contributed by atoms with E-state index in [0.717, 1.165) is 135 Å². The molecule has 0 rings (SSSR count). The summed E-state index contributed by atoms with van der Waals surface area (Å²) in [6, 6.07) is 0. The monoisotopic (exact) mass is 989 g/mol.